The monoisotopic (exact) mass is 372 g/mol. The first-order valence-electron chi connectivity index (χ1n) is 9.68. The second-order valence-electron chi connectivity index (χ2n) is 8.41. The molecule has 0 radical (unpaired) electrons. The van der Waals surface area contributed by atoms with E-state index >= 15 is 0 Å². The lowest BCUT2D eigenvalue weighted by Gasteiger charge is -2.24. The Kier molecular flexibility index (Phi) is 7.40. The molecular formula is C23H32O4. The average Bonchev–Trinajstić information content (AvgIpc) is 2.87. The molecule has 0 spiro atoms. The van der Waals surface area contributed by atoms with Crippen molar-refractivity contribution < 1.29 is 19.7 Å². The van der Waals surface area contributed by atoms with E-state index in [1.54, 1.807) is 6.92 Å². The molecule has 0 bridgehead atoms. The van der Waals surface area contributed by atoms with E-state index in [4.69, 9.17) is 14.9 Å². The molecule has 1 fully saturated rings. The Morgan fingerprint density at radius 3 is 2.44 bits per heavy atom. The van der Waals surface area contributed by atoms with Gasteiger partial charge in [0.15, 0.2) is 0 Å². The van der Waals surface area contributed by atoms with Crippen molar-refractivity contribution in [3.05, 3.63) is 54.1 Å². The van der Waals surface area contributed by atoms with Crippen LogP contribution in [0.25, 0.3) is 6.08 Å². The highest BCUT2D eigenvalue weighted by atomic mass is 17.2. The Morgan fingerprint density at radius 1 is 1.11 bits per heavy atom. The van der Waals surface area contributed by atoms with Crippen molar-refractivity contribution in [2.75, 3.05) is 0 Å². The van der Waals surface area contributed by atoms with E-state index in [1.165, 1.54) is 5.56 Å². The van der Waals surface area contributed by atoms with Gasteiger partial charge in [0.2, 0.25) is 0 Å². The Hall–Kier alpha value is -1.91. The molecule has 1 heterocycles. The Bertz CT molecular complexity index is 666. The van der Waals surface area contributed by atoms with Crippen LogP contribution in [0.4, 0.5) is 0 Å². The number of aliphatic carboxylic acids is 1. The Labute approximate surface area is 162 Å². The van der Waals surface area contributed by atoms with E-state index < -0.39 is 17.2 Å². The summed E-state index contributed by atoms with van der Waals surface area (Å²) in [5.41, 5.74) is 0.0190. The molecule has 1 aliphatic rings. The number of carbonyl (C=O) groups is 1. The molecule has 0 saturated carbocycles. The molecule has 0 aromatic heterocycles. The average molecular weight is 373 g/mol. The van der Waals surface area contributed by atoms with Crippen molar-refractivity contribution in [3.63, 3.8) is 0 Å². The summed E-state index contributed by atoms with van der Waals surface area (Å²) >= 11 is 0. The highest BCUT2D eigenvalue weighted by molar-refractivity contribution is 5.68. The van der Waals surface area contributed by atoms with E-state index in [1.807, 2.05) is 25.1 Å². The van der Waals surface area contributed by atoms with Gasteiger partial charge in [0, 0.05) is 6.42 Å². The highest BCUT2D eigenvalue weighted by Gasteiger charge is 2.47. The van der Waals surface area contributed by atoms with Gasteiger partial charge in [-0.25, -0.2) is 9.78 Å². The first-order chi connectivity index (χ1) is 12.7. The number of rotatable bonds is 9. The number of allylic oxidation sites excluding steroid dienone is 3. The van der Waals surface area contributed by atoms with Crippen LogP contribution in [0.1, 0.15) is 58.9 Å². The standard InChI is InChI=1S/C23H32O4/c1-18(13-14-20-11-6-5-7-12-20)9-8-10-19(2)15-22(3)17-23(4,27-26-22)16-21(24)25/h5-8,10-14,18-19H,9,15-17H2,1-4H3,(H,24,25)/b10-8+,14-13+/t18-,19-,22-,23-/m0/s1. The van der Waals surface area contributed by atoms with Crippen LogP contribution in [-0.4, -0.2) is 22.3 Å². The molecule has 27 heavy (non-hydrogen) atoms. The molecule has 1 saturated heterocycles. The van der Waals surface area contributed by atoms with Gasteiger partial charge in [-0.15, -0.1) is 0 Å². The molecule has 1 aromatic carbocycles. The predicted molar refractivity (Wildman–Crippen MR) is 108 cm³/mol. The van der Waals surface area contributed by atoms with Gasteiger partial charge >= 0.3 is 5.97 Å². The van der Waals surface area contributed by atoms with Crippen molar-refractivity contribution in [2.45, 2.75) is 64.6 Å². The van der Waals surface area contributed by atoms with Gasteiger partial charge in [-0.05, 0) is 44.1 Å². The van der Waals surface area contributed by atoms with Gasteiger partial charge in [0.25, 0.3) is 0 Å². The van der Waals surface area contributed by atoms with E-state index in [9.17, 15) is 4.79 Å². The van der Waals surface area contributed by atoms with Gasteiger partial charge in [0.05, 0.1) is 6.42 Å². The fourth-order valence-electron chi connectivity index (χ4n) is 3.76. The van der Waals surface area contributed by atoms with E-state index in [0.717, 1.165) is 12.8 Å². The number of hydrogen-bond acceptors (Lipinski definition) is 3. The number of carboxylic acid groups (broad SMARTS) is 1. The smallest absolute Gasteiger partial charge is 0.306 e. The Morgan fingerprint density at radius 2 is 1.78 bits per heavy atom. The highest BCUT2D eigenvalue weighted by Crippen LogP contribution is 2.41. The summed E-state index contributed by atoms with van der Waals surface area (Å²) in [6, 6.07) is 10.3. The molecule has 148 valence electrons. The van der Waals surface area contributed by atoms with Crippen LogP contribution in [0.2, 0.25) is 0 Å². The number of benzene rings is 1. The topological polar surface area (TPSA) is 55.8 Å². The molecular weight excluding hydrogens is 340 g/mol. The van der Waals surface area contributed by atoms with Crippen molar-refractivity contribution >= 4 is 12.0 Å². The zero-order chi connectivity index (χ0) is 19.9. The maximum atomic E-state index is 11.0. The zero-order valence-corrected chi connectivity index (χ0v) is 16.9. The number of carboxylic acids is 1. The molecule has 1 aliphatic heterocycles. The quantitative estimate of drug-likeness (QED) is 0.449. The second kappa shape index (κ2) is 9.34. The first kappa shape index (κ1) is 21.4. The van der Waals surface area contributed by atoms with Crippen LogP contribution in [0.3, 0.4) is 0 Å². The Balaban J connectivity index is 1.78. The lowest BCUT2D eigenvalue weighted by Crippen LogP contribution is -2.31. The van der Waals surface area contributed by atoms with Crippen LogP contribution in [-0.2, 0) is 14.6 Å². The molecule has 0 unspecified atom stereocenters. The molecule has 4 nitrogen and oxygen atoms in total. The zero-order valence-electron chi connectivity index (χ0n) is 16.9. The maximum absolute atomic E-state index is 11.0. The molecule has 4 atom stereocenters. The minimum atomic E-state index is -0.865. The minimum Gasteiger partial charge on any atom is -0.481 e. The third-order valence-corrected chi connectivity index (χ3v) is 4.86. The van der Waals surface area contributed by atoms with Gasteiger partial charge in [0.1, 0.15) is 11.2 Å². The van der Waals surface area contributed by atoms with Crippen LogP contribution in [0.15, 0.2) is 48.6 Å². The van der Waals surface area contributed by atoms with Gasteiger partial charge in [-0.2, -0.15) is 0 Å². The van der Waals surface area contributed by atoms with Gasteiger partial charge < -0.3 is 5.11 Å². The SMILES string of the molecule is C[C@H](/C=C/c1ccccc1)C/C=C/[C@H](C)C[C@@]1(C)C[C@](C)(CC(=O)O)OO1. The van der Waals surface area contributed by atoms with Crippen molar-refractivity contribution in [2.24, 2.45) is 11.8 Å². The summed E-state index contributed by atoms with van der Waals surface area (Å²) in [6.45, 7) is 8.16. The van der Waals surface area contributed by atoms with Crippen molar-refractivity contribution in [3.8, 4) is 0 Å². The second-order valence-corrected chi connectivity index (χ2v) is 8.41. The molecule has 1 N–H and O–H groups in total. The van der Waals surface area contributed by atoms with Crippen LogP contribution >= 0.6 is 0 Å². The predicted octanol–water partition coefficient (Wildman–Crippen LogP) is 5.65. The summed E-state index contributed by atoms with van der Waals surface area (Å²) in [4.78, 5) is 21.9. The molecule has 0 amide bonds. The summed E-state index contributed by atoms with van der Waals surface area (Å²) < 4.78 is 0. The summed E-state index contributed by atoms with van der Waals surface area (Å²) in [5.74, 6) is -0.0684. The molecule has 0 aliphatic carbocycles. The lowest BCUT2D eigenvalue weighted by molar-refractivity contribution is -0.346. The fraction of sp³-hybridized carbons (Fsp3) is 0.522. The molecule has 1 aromatic rings. The summed E-state index contributed by atoms with van der Waals surface area (Å²) in [7, 11) is 0. The summed E-state index contributed by atoms with van der Waals surface area (Å²) in [6.07, 6.45) is 11.2. The third-order valence-electron chi connectivity index (χ3n) is 4.86. The van der Waals surface area contributed by atoms with Gasteiger partial charge in [-0.3, -0.25) is 4.79 Å². The minimum absolute atomic E-state index is 0.0436. The fourth-order valence-corrected chi connectivity index (χ4v) is 3.76. The maximum Gasteiger partial charge on any atom is 0.306 e. The summed E-state index contributed by atoms with van der Waals surface area (Å²) in [5, 5.41) is 9.02. The third kappa shape index (κ3) is 7.31. The van der Waals surface area contributed by atoms with Gasteiger partial charge in [-0.1, -0.05) is 68.5 Å². The van der Waals surface area contributed by atoms with Crippen molar-refractivity contribution in [1.29, 1.82) is 0 Å². The lowest BCUT2D eigenvalue weighted by atomic mass is 9.83. The van der Waals surface area contributed by atoms with E-state index in [-0.39, 0.29) is 6.42 Å². The number of hydrogen-bond donors (Lipinski definition) is 1. The van der Waals surface area contributed by atoms with E-state index in [2.05, 4.69) is 50.3 Å². The molecule has 4 heteroatoms. The van der Waals surface area contributed by atoms with Crippen LogP contribution in [0, 0.1) is 11.8 Å². The largest absolute Gasteiger partial charge is 0.481 e. The normalized spacial score (nSPS) is 28.0. The van der Waals surface area contributed by atoms with Crippen LogP contribution < -0.4 is 0 Å². The van der Waals surface area contributed by atoms with E-state index in [0.29, 0.717) is 18.3 Å². The first-order valence-corrected chi connectivity index (χ1v) is 9.68. The molecule has 2 rings (SSSR count). The van der Waals surface area contributed by atoms with Crippen molar-refractivity contribution in [1.82, 2.24) is 0 Å². The van der Waals surface area contributed by atoms with Crippen LogP contribution in [0.5, 0.6) is 0 Å².